The summed E-state index contributed by atoms with van der Waals surface area (Å²) in [6, 6.07) is 0.339. The molecule has 36 heavy (non-hydrogen) atoms. The summed E-state index contributed by atoms with van der Waals surface area (Å²) < 4.78 is 11.5. The number of aliphatic carboxylic acids is 1. The molecule has 0 saturated carbocycles. The molecule has 2 rings (SSSR count). The summed E-state index contributed by atoms with van der Waals surface area (Å²) in [7, 11) is 0. The number of carboxylic acid groups (broad SMARTS) is 1. The number of esters is 1. The van der Waals surface area contributed by atoms with Crippen molar-refractivity contribution in [2.24, 2.45) is 0 Å². The van der Waals surface area contributed by atoms with E-state index in [4.69, 9.17) is 9.84 Å². The summed E-state index contributed by atoms with van der Waals surface area (Å²) in [5, 5.41) is 8.47. The van der Waals surface area contributed by atoms with E-state index in [2.05, 4.69) is 0 Å². The van der Waals surface area contributed by atoms with E-state index in [0.29, 0.717) is 39.0 Å². The molecule has 0 aromatic carbocycles. The average Bonchev–Trinajstić information content (AvgIpc) is 3.31. The van der Waals surface area contributed by atoms with Crippen LogP contribution in [0.2, 0.25) is 0 Å². The Balaban J connectivity index is 0. The summed E-state index contributed by atoms with van der Waals surface area (Å²) in [6.45, 7) is 11.3. The van der Waals surface area contributed by atoms with Gasteiger partial charge in [0, 0.05) is 62.8 Å². The van der Waals surface area contributed by atoms with Gasteiger partial charge in [-0.05, 0) is 60.3 Å². The monoisotopic (exact) mass is 504 g/mol. The number of hydrogen-bond acceptors (Lipinski definition) is 6. The maximum atomic E-state index is 11.9. The number of rotatable bonds is 13. The van der Waals surface area contributed by atoms with E-state index in [1.807, 2.05) is 27.7 Å². The molecular formula is C24H41LiN4O7. The Kier molecular flexibility index (Phi) is 18.6. The first-order valence-electron chi connectivity index (χ1n) is 12.0. The fourth-order valence-electron chi connectivity index (χ4n) is 3.33. The molecule has 2 N–H and O–H groups in total. The fraction of sp³-hybridized carbons (Fsp3) is 0.667. The SMILES string of the molecule is CC(C)n1ccn(CCCCC(=O)O)c1=O.CCOC(=O)CCCCn1ccn(C(C)C)c1=O.[Li+].[OH-]. The van der Waals surface area contributed by atoms with Crippen LogP contribution in [0.4, 0.5) is 0 Å². The molecule has 2 aromatic rings. The second kappa shape index (κ2) is 18.7. The largest absolute Gasteiger partial charge is 1.00 e. The Morgan fingerprint density at radius 2 is 1.22 bits per heavy atom. The zero-order chi connectivity index (χ0) is 25.7. The number of carbonyl (C=O) groups is 2. The van der Waals surface area contributed by atoms with Crippen molar-refractivity contribution in [3.8, 4) is 0 Å². The summed E-state index contributed by atoms with van der Waals surface area (Å²) in [5.74, 6) is -0.948. The zero-order valence-electron chi connectivity index (χ0n) is 22.6. The maximum Gasteiger partial charge on any atom is 1.00 e. The van der Waals surface area contributed by atoms with Crippen molar-refractivity contribution in [1.82, 2.24) is 18.3 Å². The molecule has 11 nitrogen and oxygen atoms in total. The van der Waals surface area contributed by atoms with Gasteiger partial charge in [-0.15, -0.1) is 0 Å². The summed E-state index contributed by atoms with van der Waals surface area (Å²) in [6.07, 6.45) is 10.6. The number of aromatic nitrogens is 4. The molecular weight excluding hydrogens is 463 g/mol. The molecule has 2 aromatic heterocycles. The zero-order valence-corrected chi connectivity index (χ0v) is 22.6. The first kappa shape index (κ1) is 35.7. The van der Waals surface area contributed by atoms with Crippen LogP contribution in [-0.4, -0.2) is 47.4 Å². The number of nitrogens with zero attached hydrogens (tertiary/aromatic N) is 4. The molecule has 0 aliphatic carbocycles. The minimum absolute atomic E-state index is 0. The molecule has 2 heterocycles. The van der Waals surface area contributed by atoms with Crippen molar-refractivity contribution < 1.29 is 43.8 Å². The fourth-order valence-corrected chi connectivity index (χ4v) is 3.33. The van der Waals surface area contributed by atoms with Gasteiger partial charge in [0.15, 0.2) is 0 Å². The van der Waals surface area contributed by atoms with Crippen LogP contribution in [0.25, 0.3) is 0 Å². The van der Waals surface area contributed by atoms with Crippen LogP contribution < -0.4 is 30.2 Å². The standard InChI is InChI=1S/C13H22N2O3.C11H18N2O3.Li.H2O/c1-4-18-12(16)7-5-6-8-14-9-10-15(11(2)3)13(14)17;1-9(2)13-8-7-12(11(13)16)6-4-3-5-10(14)15;;/h9-11H,4-8H2,1-3H3;7-9H,3-6H2,1-2H3,(H,14,15);;1H2/q;;+1;/p-1. The van der Waals surface area contributed by atoms with E-state index in [0.717, 1.165) is 12.8 Å². The molecule has 0 bridgehead atoms. The van der Waals surface area contributed by atoms with Gasteiger partial charge in [0.05, 0.1) is 6.61 Å². The number of hydrogen-bond donors (Lipinski definition) is 1. The topological polar surface area (TPSA) is 147 Å². The van der Waals surface area contributed by atoms with Gasteiger partial charge >= 0.3 is 42.2 Å². The predicted octanol–water partition coefficient (Wildman–Crippen LogP) is 0.277. The second-order valence-electron chi connectivity index (χ2n) is 8.66. The van der Waals surface area contributed by atoms with Gasteiger partial charge in [0.2, 0.25) is 0 Å². The van der Waals surface area contributed by atoms with Crippen LogP contribution in [0.5, 0.6) is 0 Å². The number of aryl methyl sites for hydroxylation is 2. The average molecular weight is 505 g/mol. The molecule has 200 valence electrons. The third kappa shape index (κ3) is 12.5. The molecule has 0 aliphatic heterocycles. The summed E-state index contributed by atoms with van der Waals surface area (Å²) >= 11 is 0. The van der Waals surface area contributed by atoms with Crippen molar-refractivity contribution in [3.05, 3.63) is 45.8 Å². The van der Waals surface area contributed by atoms with Crippen LogP contribution >= 0.6 is 0 Å². The van der Waals surface area contributed by atoms with Crippen molar-refractivity contribution >= 4 is 11.9 Å². The van der Waals surface area contributed by atoms with E-state index in [9.17, 15) is 19.2 Å². The van der Waals surface area contributed by atoms with Crippen molar-refractivity contribution in [2.45, 2.75) is 98.3 Å². The first-order chi connectivity index (χ1) is 16.1. The molecule has 0 spiro atoms. The Morgan fingerprint density at radius 3 is 1.56 bits per heavy atom. The molecule has 0 amide bonds. The van der Waals surface area contributed by atoms with E-state index < -0.39 is 5.97 Å². The molecule has 0 saturated heterocycles. The van der Waals surface area contributed by atoms with Gasteiger partial charge in [-0.1, -0.05) is 0 Å². The Hall–Kier alpha value is -2.48. The van der Waals surface area contributed by atoms with Gasteiger partial charge in [-0.2, -0.15) is 0 Å². The van der Waals surface area contributed by atoms with Crippen molar-refractivity contribution in [3.63, 3.8) is 0 Å². The first-order valence-corrected chi connectivity index (χ1v) is 12.0. The Morgan fingerprint density at radius 1 is 0.806 bits per heavy atom. The third-order valence-electron chi connectivity index (χ3n) is 5.24. The molecule has 0 radical (unpaired) electrons. The normalized spacial score (nSPS) is 10.3. The second-order valence-corrected chi connectivity index (χ2v) is 8.66. The number of carboxylic acids is 1. The van der Waals surface area contributed by atoms with Gasteiger partial charge in [0.1, 0.15) is 0 Å². The smallest absolute Gasteiger partial charge is 0.870 e. The van der Waals surface area contributed by atoms with E-state index >= 15 is 0 Å². The van der Waals surface area contributed by atoms with Gasteiger partial charge in [-0.25, -0.2) is 9.59 Å². The van der Waals surface area contributed by atoms with Gasteiger partial charge < -0.3 is 15.3 Å². The van der Waals surface area contributed by atoms with E-state index in [1.165, 1.54) is 0 Å². The minimum atomic E-state index is -0.785. The van der Waals surface area contributed by atoms with Crippen LogP contribution in [-0.2, 0) is 27.4 Å². The quantitative estimate of drug-likeness (QED) is 0.234. The third-order valence-corrected chi connectivity index (χ3v) is 5.24. The van der Waals surface area contributed by atoms with Crippen LogP contribution in [0.15, 0.2) is 34.4 Å². The number of imidazole rings is 2. The van der Waals surface area contributed by atoms with Crippen molar-refractivity contribution in [2.75, 3.05) is 6.61 Å². The molecule has 12 heteroatoms. The van der Waals surface area contributed by atoms with Crippen LogP contribution in [0, 0.1) is 0 Å². The van der Waals surface area contributed by atoms with Crippen LogP contribution in [0.3, 0.4) is 0 Å². The van der Waals surface area contributed by atoms with Crippen LogP contribution in [0.1, 0.15) is 85.2 Å². The minimum Gasteiger partial charge on any atom is -0.870 e. The number of carbonyl (C=O) groups excluding carboxylic acids is 1. The number of ether oxygens (including phenoxy) is 1. The molecule has 0 atom stereocenters. The Bertz CT molecular complexity index is 1000. The molecule has 0 fully saturated rings. The van der Waals surface area contributed by atoms with Gasteiger partial charge in [0.25, 0.3) is 0 Å². The molecule has 0 aliphatic rings. The summed E-state index contributed by atoms with van der Waals surface area (Å²) in [5.41, 5.74) is -0.00791. The van der Waals surface area contributed by atoms with Crippen molar-refractivity contribution in [1.29, 1.82) is 0 Å². The van der Waals surface area contributed by atoms with E-state index in [1.54, 1.807) is 50.0 Å². The number of unbranched alkanes of at least 4 members (excludes halogenated alkanes) is 2. The molecule has 0 unspecified atom stereocenters. The maximum absolute atomic E-state index is 11.9. The van der Waals surface area contributed by atoms with Gasteiger partial charge in [-0.3, -0.25) is 27.9 Å². The predicted molar refractivity (Wildman–Crippen MR) is 132 cm³/mol. The van der Waals surface area contributed by atoms with E-state index in [-0.39, 0.29) is 60.2 Å². The summed E-state index contributed by atoms with van der Waals surface area (Å²) in [4.78, 5) is 45.0. The Labute approximate surface area is 224 Å².